The highest BCUT2D eigenvalue weighted by molar-refractivity contribution is 6.33. The third-order valence-electron chi connectivity index (χ3n) is 6.60. The summed E-state index contributed by atoms with van der Waals surface area (Å²) in [5.74, 6) is -1.14. The van der Waals surface area contributed by atoms with Gasteiger partial charge in [0.15, 0.2) is 12.0 Å². The smallest absolute Gasteiger partial charge is 0.410 e. The van der Waals surface area contributed by atoms with Gasteiger partial charge in [-0.3, -0.25) is 0 Å². The van der Waals surface area contributed by atoms with Crippen LogP contribution in [0.15, 0.2) is 18.3 Å². The monoisotopic (exact) mass is 548 g/mol. The summed E-state index contributed by atoms with van der Waals surface area (Å²) in [7, 11) is 0. The van der Waals surface area contributed by atoms with Gasteiger partial charge in [-0.2, -0.15) is 5.10 Å². The van der Waals surface area contributed by atoms with Gasteiger partial charge in [-0.15, -0.1) is 0 Å². The molecule has 1 aromatic carbocycles. The number of halogens is 3. The quantitative estimate of drug-likeness (QED) is 0.431. The standard InChI is InChI=1S/C26H31ClF2N6O3/c1-26(2,3)38-25(36)34-9-7-16(8-10-34)31-24-30-14-18(27)22(32-24)21-17-12-15(28)13-19(29)23(17)35(33-21)20-6-4-5-11-37-20/h12-14,16,20H,4-11H2,1-3H3,(H,30,31,32). The van der Waals surface area contributed by atoms with Crippen molar-refractivity contribution in [3.8, 4) is 11.4 Å². The van der Waals surface area contributed by atoms with E-state index in [2.05, 4.69) is 20.4 Å². The Morgan fingerprint density at radius 1 is 1.16 bits per heavy atom. The number of amides is 1. The number of benzene rings is 1. The van der Waals surface area contributed by atoms with Crippen LogP contribution in [0.25, 0.3) is 22.3 Å². The van der Waals surface area contributed by atoms with Gasteiger partial charge in [0.05, 0.1) is 11.2 Å². The van der Waals surface area contributed by atoms with E-state index in [0.29, 0.717) is 44.9 Å². The average molecular weight is 549 g/mol. The Morgan fingerprint density at radius 2 is 1.92 bits per heavy atom. The SMILES string of the molecule is CC(C)(C)OC(=O)N1CCC(Nc2ncc(Cl)c(-c3nn(C4CCCCO4)c4c(F)cc(F)cc34)n2)CC1. The number of nitrogens with one attached hydrogen (secondary N) is 1. The van der Waals surface area contributed by atoms with Crippen LogP contribution in [0.3, 0.4) is 0 Å². The zero-order chi connectivity index (χ0) is 27.0. The molecule has 2 fully saturated rings. The Labute approximate surface area is 224 Å². The van der Waals surface area contributed by atoms with E-state index in [0.717, 1.165) is 18.9 Å². The van der Waals surface area contributed by atoms with E-state index in [9.17, 15) is 13.6 Å². The third kappa shape index (κ3) is 5.68. The normalized spacial score (nSPS) is 19.1. The minimum absolute atomic E-state index is 0.0162. The Balaban J connectivity index is 1.39. The number of ether oxygens (including phenoxy) is 2. The van der Waals surface area contributed by atoms with E-state index in [-0.39, 0.29) is 39.4 Å². The lowest BCUT2D eigenvalue weighted by molar-refractivity contribution is -0.0368. The molecular formula is C26H31ClF2N6O3. The maximum absolute atomic E-state index is 15.0. The first-order chi connectivity index (χ1) is 18.1. The number of piperidine rings is 1. The third-order valence-corrected chi connectivity index (χ3v) is 6.87. The molecule has 1 amide bonds. The minimum Gasteiger partial charge on any atom is -0.444 e. The van der Waals surface area contributed by atoms with Crippen LogP contribution in [-0.4, -0.2) is 62.1 Å². The summed E-state index contributed by atoms with van der Waals surface area (Å²) in [4.78, 5) is 22.9. The van der Waals surface area contributed by atoms with Crippen LogP contribution >= 0.6 is 11.6 Å². The Bertz CT molecular complexity index is 1330. The van der Waals surface area contributed by atoms with Crippen molar-refractivity contribution in [3.05, 3.63) is 35.0 Å². The Hall–Kier alpha value is -3.05. The fraction of sp³-hybridized carbons (Fsp3) is 0.538. The molecule has 2 aromatic heterocycles. The number of rotatable bonds is 4. The number of hydrogen-bond donors (Lipinski definition) is 1. The number of anilines is 1. The molecule has 2 saturated heterocycles. The molecule has 5 rings (SSSR count). The zero-order valence-electron chi connectivity index (χ0n) is 21.6. The van der Waals surface area contributed by atoms with Gasteiger partial charge in [0.1, 0.15) is 28.3 Å². The van der Waals surface area contributed by atoms with E-state index in [1.807, 2.05) is 20.8 Å². The molecule has 2 aliphatic heterocycles. The van der Waals surface area contributed by atoms with Crippen molar-refractivity contribution in [2.45, 2.75) is 70.7 Å². The summed E-state index contributed by atoms with van der Waals surface area (Å²) < 4.78 is 42.0. The van der Waals surface area contributed by atoms with Gasteiger partial charge >= 0.3 is 6.09 Å². The maximum Gasteiger partial charge on any atom is 0.410 e. The fourth-order valence-electron chi connectivity index (χ4n) is 4.81. The summed E-state index contributed by atoms with van der Waals surface area (Å²) in [6.07, 6.45) is 4.50. The van der Waals surface area contributed by atoms with Crippen molar-refractivity contribution in [3.63, 3.8) is 0 Å². The number of nitrogens with zero attached hydrogens (tertiary/aromatic N) is 5. The second-order valence-electron chi connectivity index (χ2n) is 10.7. The number of carbonyl (C=O) groups is 1. The van der Waals surface area contributed by atoms with E-state index in [1.165, 1.54) is 16.9 Å². The van der Waals surface area contributed by atoms with E-state index in [4.69, 9.17) is 21.1 Å². The van der Waals surface area contributed by atoms with Gasteiger partial charge in [0.2, 0.25) is 5.95 Å². The lowest BCUT2D eigenvalue weighted by atomic mass is 10.1. The molecule has 0 bridgehead atoms. The van der Waals surface area contributed by atoms with Crippen molar-refractivity contribution in [2.75, 3.05) is 25.0 Å². The van der Waals surface area contributed by atoms with Crippen LogP contribution in [0, 0.1) is 11.6 Å². The number of aromatic nitrogens is 4. The summed E-state index contributed by atoms with van der Waals surface area (Å²) in [5.41, 5.74) is 0.112. The fourth-order valence-corrected chi connectivity index (χ4v) is 4.99. The maximum atomic E-state index is 15.0. The van der Waals surface area contributed by atoms with Crippen LogP contribution in [0.2, 0.25) is 5.02 Å². The zero-order valence-corrected chi connectivity index (χ0v) is 22.4. The van der Waals surface area contributed by atoms with Gasteiger partial charge in [-0.1, -0.05) is 11.6 Å². The lowest BCUT2D eigenvalue weighted by Gasteiger charge is -2.33. The molecule has 1 N–H and O–H groups in total. The van der Waals surface area contributed by atoms with E-state index >= 15 is 0 Å². The molecule has 0 saturated carbocycles. The number of hydrogen-bond acceptors (Lipinski definition) is 7. The summed E-state index contributed by atoms with van der Waals surface area (Å²) in [5, 5.41) is 8.38. The molecular weight excluding hydrogens is 518 g/mol. The van der Waals surface area contributed by atoms with Crippen molar-refractivity contribution < 1.29 is 23.0 Å². The van der Waals surface area contributed by atoms with Crippen LogP contribution < -0.4 is 5.32 Å². The van der Waals surface area contributed by atoms with Crippen LogP contribution in [0.4, 0.5) is 19.5 Å². The van der Waals surface area contributed by atoms with Crippen LogP contribution in [0.1, 0.15) is 59.1 Å². The minimum atomic E-state index is -0.729. The van der Waals surface area contributed by atoms with E-state index in [1.54, 1.807) is 4.90 Å². The largest absolute Gasteiger partial charge is 0.444 e. The molecule has 1 atom stereocenters. The topological polar surface area (TPSA) is 94.4 Å². The average Bonchev–Trinajstić information content (AvgIpc) is 3.24. The highest BCUT2D eigenvalue weighted by Gasteiger charge is 2.29. The van der Waals surface area contributed by atoms with Gasteiger partial charge < -0.3 is 19.7 Å². The summed E-state index contributed by atoms with van der Waals surface area (Å²) in [6, 6.07) is 2.09. The first-order valence-electron chi connectivity index (χ1n) is 12.9. The van der Waals surface area contributed by atoms with Crippen molar-refractivity contribution in [1.82, 2.24) is 24.6 Å². The molecule has 38 heavy (non-hydrogen) atoms. The van der Waals surface area contributed by atoms with Gasteiger partial charge in [-0.05, 0) is 58.9 Å². The second kappa shape index (κ2) is 10.6. The second-order valence-corrected chi connectivity index (χ2v) is 11.1. The first kappa shape index (κ1) is 26.6. The van der Waals surface area contributed by atoms with Gasteiger partial charge in [0.25, 0.3) is 0 Å². The highest BCUT2D eigenvalue weighted by atomic mass is 35.5. The van der Waals surface area contributed by atoms with Crippen LogP contribution in [0.5, 0.6) is 0 Å². The lowest BCUT2D eigenvalue weighted by Crippen LogP contribution is -2.44. The number of likely N-dealkylation sites (tertiary alicyclic amines) is 1. The molecule has 9 nitrogen and oxygen atoms in total. The summed E-state index contributed by atoms with van der Waals surface area (Å²) >= 11 is 6.48. The molecule has 0 radical (unpaired) electrons. The van der Waals surface area contributed by atoms with Crippen LogP contribution in [-0.2, 0) is 9.47 Å². The van der Waals surface area contributed by atoms with Gasteiger partial charge in [0, 0.05) is 37.2 Å². The number of fused-ring (bicyclic) bond motifs is 1. The first-order valence-corrected chi connectivity index (χ1v) is 13.2. The predicted octanol–water partition coefficient (Wildman–Crippen LogP) is 5.94. The van der Waals surface area contributed by atoms with E-state index < -0.39 is 23.5 Å². The molecule has 1 unspecified atom stereocenters. The van der Waals surface area contributed by atoms with Crippen molar-refractivity contribution in [2.24, 2.45) is 0 Å². The van der Waals surface area contributed by atoms with Gasteiger partial charge in [-0.25, -0.2) is 28.2 Å². The molecule has 2 aliphatic rings. The predicted molar refractivity (Wildman–Crippen MR) is 139 cm³/mol. The molecule has 0 spiro atoms. The number of carbonyl (C=O) groups excluding carboxylic acids is 1. The molecule has 3 aromatic rings. The molecule has 12 heteroatoms. The molecule has 4 heterocycles. The summed E-state index contributed by atoms with van der Waals surface area (Å²) in [6.45, 7) is 7.12. The van der Waals surface area contributed by atoms with Crippen molar-refractivity contribution >= 4 is 34.5 Å². The Kier molecular flexibility index (Phi) is 7.41. The Morgan fingerprint density at radius 3 is 2.61 bits per heavy atom. The molecule has 0 aliphatic carbocycles. The molecule has 204 valence electrons. The highest BCUT2D eigenvalue weighted by Crippen LogP contribution is 2.36. The van der Waals surface area contributed by atoms with Crippen molar-refractivity contribution in [1.29, 1.82) is 0 Å².